The molecule has 1 aromatic heterocycles. The summed E-state index contributed by atoms with van der Waals surface area (Å²) in [6, 6.07) is 3.57. The van der Waals surface area contributed by atoms with E-state index in [-0.39, 0.29) is 24.3 Å². The summed E-state index contributed by atoms with van der Waals surface area (Å²) in [7, 11) is 0. The Morgan fingerprint density at radius 2 is 2.20 bits per heavy atom. The van der Waals surface area contributed by atoms with E-state index in [9.17, 15) is 4.79 Å². The third-order valence-electron chi connectivity index (χ3n) is 3.43. The summed E-state index contributed by atoms with van der Waals surface area (Å²) in [6.45, 7) is 0.123. The molecule has 1 heterocycles. The monoisotopic (exact) mass is 340 g/mol. The van der Waals surface area contributed by atoms with Gasteiger partial charge in [0.1, 0.15) is 5.69 Å². The van der Waals surface area contributed by atoms with Gasteiger partial charge in [0.25, 0.3) is 5.91 Å². The molecular formula is C13H17BrN4O2. The third kappa shape index (κ3) is 3.47. The lowest BCUT2D eigenvalue weighted by molar-refractivity contribution is 0.0706. The van der Waals surface area contributed by atoms with Crippen molar-refractivity contribution in [3.8, 4) is 0 Å². The first-order chi connectivity index (χ1) is 9.61. The molecule has 0 radical (unpaired) electrons. The van der Waals surface area contributed by atoms with E-state index in [0.29, 0.717) is 5.69 Å². The SMILES string of the molecule is NC(CN(C(=O)c1ccc(Br)cn1)C1CCCC1)=NO. The number of pyridine rings is 1. The number of nitrogens with two attached hydrogens (primary N) is 1. The van der Waals surface area contributed by atoms with E-state index in [1.54, 1.807) is 23.2 Å². The van der Waals surface area contributed by atoms with Gasteiger partial charge in [-0.25, -0.2) is 4.98 Å². The number of rotatable bonds is 4. The van der Waals surface area contributed by atoms with Crippen LogP contribution in [0.2, 0.25) is 0 Å². The highest BCUT2D eigenvalue weighted by Gasteiger charge is 2.28. The van der Waals surface area contributed by atoms with Gasteiger partial charge in [-0.15, -0.1) is 0 Å². The molecule has 1 amide bonds. The molecule has 3 N–H and O–H groups in total. The van der Waals surface area contributed by atoms with Gasteiger partial charge in [-0.05, 0) is 40.9 Å². The molecule has 0 aliphatic heterocycles. The standard InChI is InChI=1S/C13H17BrN4O2/c14-9-5-6-11(16-7-9)13(19)18(8-12(15)17-20)10-3-1-2-4-10/h5-7,10,20H,1-4,8H2,(H2,15,17). The summed E-state index contributed by atoms with van der Waals surface area (Å²) in [5.74, 6) is -0.154. The highest BCUT2D eigenvalue weighted by Crippen LogP contribution is 2.24. The molecule has 0 aromatic carbocycles. The normalized spacial score (nSPS) is 16.4. The molecule has 1 aliphatic rings. The average Bonchev–Trinajstić information content (AvgIpc) is 2.98. The lowest BCUT2D eigenvalue weighted by atomic mass is 10.2. The summed E-state index contributed by atoms with van der Waals surface area (Å²) in [4.78, 5) is 18.3. The third-order valence-corrected chi connectivity index (χ3v) is 3.90. The van der Waals surface area contributed by atoms with Crippen LogP contribution in [0.15, 0.2) is 28.0 Å². The maximum absolute atomic E-state index is 12.6. The molecule has 1 fully saturated rings. The molecule has 0 saturated heterocycles. The van der Waals surface area contributed by atoms with Gasteiger partial charge in [0.15, 0.2) is 5.84 Å². The second-order valence-electron chi connectivity index (χ2n) is 4.82. The Morgan fingerprint density at radius 1 is 1.50 bits per heavy atom. The van der Waals surface area contributed by atoms with Crippen LogP contribution in [-0.2, 0) is 0 Å². The van der Waals surface area contributed by atoms with Crippen LogP contribution in [0.3, 0.4) is 0 Å². The molecule has 0 unspecified atom stereocenters. The van der Waals surface area contributed by atoms with Crippen molar-refractivity contribution >= 4 is 27.7 Å². The fourth-order valence-electron chi connectivity index (χ4n) is 2.44. The quantitative estimate of drug-likeness (QED) is 0.379. The van der Waals surface area contributed by atoms with Gasteiger partial charge in [-0.2, -0.15) is 0 Å². The minimum absolute atomic E-state index is 0.0300. The van der Waals surface area contributed by atoms with E-state index in [4.69, 9.17) is 10.9 Å². The Hall–Kier alpha value is -1.63. The van der Waals surface area contributed by atoms with E-state index in [0.717, 1.165) is 30.2 Å². The maximum atomic E-state index is 12.6. The first-order valence-corrected chi connectivity index (χ1v) is 7.30. The Kier molecular flexibility index (Phi) is 4.94. The minimum atomic E-state index is -0.184. The molecule has 108 valence electrons. The second-order valence-corrected chi connectivity index (χ2v) is 5.74. The van der Waals surface area contributed by atoms with Crippen molar-refractivity contribution in [1.29, 1.82) is 0 Å². The molecule has 20 heavy (non-hydrogen) atoms. The summed E-state index contributed by atoms with van der Waals surface area (Å²) in [5, 5.41) is 11.7. The first-order valence-electron chi connectivity index (χ1n) is 6.50. The molecule has 0 spiro atoms. The number of nitrogens with zero attached hydrogens (tertiary/aromatic N) is 3. The second kappa shape index (κ2) is 6.69. The smallest absolute Gasteiger partial charge is 0.273 e. The van der Waals surface area contributed by atoms with Gasteiger partial charge in [0, 0.05) is 16.7 Å². The van der Waals surface area contributed by atoms with Crippen molar-refractivity contribution < 1.29 is 10.0 Å². The van der Waals surface area contributed by atoms with Crippen molar-refractivity contribution in [3.63, 3.8) is 0 Å². The largest absolute Gasteiger partial charge is 0.409 e. The molecule has 0 bridgehead atoms. The van der Waals surface area contributed by atoms with E-state index in [2.05, 4.69) is 26.1 Å². The number of halogens is 1. The highest BCUT2D eigenvalue weighted by molar-refractivity contribution is 9.10. The number of amides is 1. The first kappa shape index (κ1) is 14.8. The van der Waals surface area contributed by atoms with Gasteiger partial charge in [-0.3, -0.25) is 4.79 Å². The minimum Gasteiger partial charge on any atom is -0.409 e. The van der Waals surface area contributed by atoms with Gasteiger partial charge < -0.3 is 15.8 Å². The zero-order valence-electron chi connectivity index (χ0n) is 11.0. The molecule has 1 aromatic rings. The van der Waals surface area contributed by atoms with Crippen LogP contribution in [0.1, 0.15) is 36.2 Å². The van der Waals surface area contributed by atoms with Crippen LogP contribution >= 0.6 is 15.9 Å². The van der Waals surface area contributed by atoms with Crippen LogP contribution in [-0.4, -0.2) is 39.4 Å². The number of oxime groups is 1. The van der Waals surface area contributed by atoms with Gasteiger partial charge >= 0.3 is 0 Å². The van der Waals surface area contributed by atoms with Crippen LogP contribution < -0.4 is 5.73 Å². The van der Waals surface area contributed by atoms with Crippen molar-refractivity contribution in [3.05, 3.63) is 28.5 Å². The molecule has 6 nitrogen and oxygen atoms in total. The van der Waals surface area contributed by atoms with E-state index in [1.807, 2.05) is 0 Å². The zero-order valence-corrected chi connectivity index (χ0v) is 12.6. The molecular weight excluding hydrogens is 324 g/mol. The molecule has 1 saturated carbocycles. The predicted octanol–water partition coefficient (Wildman–Crippen LogP) is 1.98. The Labute approximate surface area is 125 Å². The number of aromatic nitrogens is 1. The summed E-state index contributed by atoms with van der Waals surface area (Å²) in [5.41, 5.74) is 5.93. The van der Waals surface area contributed by atoms with Crippen LogP contribution in [0.5, 0.6) is 0 Å². The lowest BCUT2D eigenvalue weighted by Gasteiger charge is -2.28. The lowest BCUT2D eigenvalue weighted by Crippen LogP contribution is -2.44. The number of carbonyl (C=O) groups excluding carboxylic acids is 1. The summed E-state index contributed by atoms with van der Waals surface area (Å²) < 4.78 is 0.818. The van der Waals surface area contributed by atoms with Gasteiger partial charge in [-0.1, -0.05) is 18.0 Å². The predicted molar refractivity (Wildman–Crippen MR) is 78.6 cm³/mol. The number of hydrogen-bond donors (Lipinski definition) is 2. The van der Waals surface area contributed by atoms with Gasteiger partial charge in [0.2, 0.25) is 0 Å². The highest BCUT2D eigenvalue weighted by atomic mass is 79.9. The molecule has 0 atom stereocenters. The molecule has 7 heteroatoms. The number of carbonyl (C=O) groups is 1. The van der Waals surface area contributed by atoms with Crippen molar-refractivity contribution in [2.24, 2.45) is 10.9 Å². The van der Waals surface area contributed by atoms with E-state index in [1.165, 1.54) is 0 Å². The van der Waals surface area contributed by atoms with Crippen molar-refractivity contribution in [2.45, 2.75) is 31.7 Å². The van der Waals surface area contributed by atoms with Crippen LogP contribution in [0.25, 0.3) is 0 Å². The van der Waals surface area contributed by atoms with Gasteiger partial charge in [0.05, 0.1) is 6.54 Å². The molecule has 2 rings (SSSR count). The average molecular weight is 341 g/mol. The van der Waals surface area contributed by atoms with E-state index >= 15 is 0 Å². The topological polar surface area (TPSA) is 91.8 Å². The van der Waals surface area contributed by atoms with Crippen molar-refractivity contribution in [2.75, 3.05) is 6.54 Å². The van der Waals surface area contributed by atoms with Crippen LogP contribution in [0.4, 0.5) is 0 Å². The molecule has 1 aliphatic carbocycles. The Bertz CT molecular complexity index is 498. The number of amidine groups is 1. The summed E-state index contributed by atoms with van der Waals surface area (Å²) in [6.07, 6.45) is 5.67. The fourth-order valence-corrected chi connectivity index (χ4v) is 2.67. The Morgan fingerprint density at radius 3 is 2.75 bits per heavy atom. The number of hydrogen-bond acceptors (Lipinski definition) is 4. The van der Waals surface area contributed by atoms with Crippen molar-refractivity contribution in [1.82, 2.24) is 9.88 Å². The maximum Gasteiger partial charge on any atom is 0.273 e. The zero-order chi connectivity index (χ0) is 14.5. The summed E-state index contributed by atoms with van der Waals surface area (Å²) >= 11 is 3.29. The van der Waals surface area contributed by atoms with Crippen LogP contribution in [0, 0.1) is 0 Å². The fraction of sp³-hybridized carbons (Fsp3) is 0.462. The van der Waals surface area contributed by atoms with E-state index < -0.39 is 0 Å². The Balaban J connectivity index is 2.20.